The molecule has 168 valence electrons. The van der Waals surface area contributed by atoms with Crippen LogP contribution < -0.4 is 5.32 Å². The summed E-state index contributed by atoms with van der Waals surface area (Å²) in [5.41, 5.74) is 1.41. The minimum Gasteiger partial charge on any atom is -0.318 e. The first-order valence-corrected chi connectivity index (χ1v) is 10.4. The molecule has 3 aromatic heterocycles. The van der Waals surface area contributed by atoms with Crippen molar-refractivity contribution in [3.05, 3.63) is 59.9 Å². The molecule has 0 spiro atoms. The maximum absolute atomic E-state index is 13.7. The lowest BCUT2D eigenvalue weighted by atomic mass is 9.83. The van der Waals surface area contributed by atoms with Crippen LogP contribution in [0.15, 0.2) is 37.1 Å². The fraction of sp³-hybridized carbons (Fsp3) is 0.409. The van der Waals surface area contributed by atoms with E-state index in [0.29, 0.717) is 22.9 Å². The zero-order chi connectivity index (χ0) is 22.9. The lowest BCUT2D eigenvalue weighted by Crippen LogP contribution is -2.25. The van der Waals surface area contributed by atoms with Gasteiger partial charge in [0.2, 0.25) is 5.92 Å². The van der Waals surface area contributed by atoms with Crippen LogP contribution in [0.5, 0.6) is 0 Å². The maximum Gasteiger partial charge on any atom is 0.258 e. The second-order valence-corrected chi connectivity index (χ2v) is 8.26. The van der Waals surface area contributed by atoms with Crippen molar-refractivity contribution in [3.8, 4) is 5.69 Å². The highest BCUT2D eigenvalue weighted by Crippen LogP contribution is 2.43. The third-order valence-corrected chi connectivity index (χ3v) is 5.55. The van der Waals surface area contributed by atoms with Gasteiger partial charge >= 0.3 is 0 Å². The van der Waals surface area contributed by atoms with Crippen molar-refractivity contribution in [1.82, 2.24) is 24.7 Å². The van der Waals surface area contributed by atoms with Gasteiger partial charge in [0.15, 0.2) is 5.82 Å². The Hall–Kier alpha value is -3.30. The lowest BCUT2D eigenvalue weighted by molar-refractivity contribution is -0.0384. The number of halogens is 3. The summed E-state index contributed by atoms with van der Waals surface area (Å²) in [5, 5.41) is 6.80. The Kier molecular flexibility index (Phi) is 5.94. The first kappa shape index (κ1) is 21.9. The van der Waals surface area contributed by atoms with Gasteiger partial charge in [0.1, 0.15) is 5.82 Å². The number of aromatic nitrogens is 5. The van der Waals surface area contributed by atoms with E-state index >= 15 is 0 Å². The van der Waals surface area contributed by atoms with Gasteiger partial charge in [-0.25, -0.2) is 27.8 Å². The molecular formula is C22H23F3N6O. The normalized spacial score (nSPS) is 16.3. The minimum absolute atomic E-state index is 0.114. The fourth-order valence-electron chi connectivity index (χ4n) is 3.78. The van der Waals surface area contributed by atoms with Crippen LogP contribution in [0.3, 0.4) is 0 Å². The van der Waals surface area contributed by atoms with Crippen LogP contribution in [-0.4, -0.2) is 36.6 Å². The van der Waals surface area contributed by atoms with E-state index in [9.17, 15) is 18.0 Å². The van der Waals surface area contributed by atoms with Gasteiger partial charge in [0.05, 0.1) is 35.0 Å². The molecular weight excluding hydrogens is 421 g/mol. The van der Waals surface area contributed by atoms with Crippen LogP contribution in [0, 0.1) is 5.82 Å². The predicted molar refractivity (Wildman–Crippen MR) is 112 cm³/mol. The summed E-state index contributed by atoms with van der Waals surface area (Å²) < 4.78 is 42.3. The van der Waals surface area contributed by atoms with Crippen LogP contribution in [0.4, 0.5) is 18.9 Å². The number of amides is 1. The Balaban J connectivity index is 1.70. The molecule has 1 N–H and O–H groups in total. The van der Waals surface area contributed by atoms with Crippen LogP contribution >= 0.6 is 0 Å². The van der Waals surface area contributed by atoms with Crippen LogP contribution in [0.25, 0.3) is 5.69 Å². The van der Waals surface area contributed by atoms with Gasteiger partial charge in [0.25, 0.3) is 5.91 Å². The summed E-state index contributed by atoms with van der Waals surface area (Å²) in [6.45, 7) is 3.89. The maximum atomic E-state index is 13.7. The van der Waals surface area contributed by atoms with E-state index in [1.165, 1.54) is 29.5 Å². The molecule has 1 saturated carbocycles. The van der Waals surface area contributed by atoms with Gasteiger partial charge in [0, 0.05) is 43.3 Å². The fourth-order valence-corrected chi connectivity index (χ4v) is 3.78. The molecule has 1 aliphatic carbocycles. The number of pyridine rings is 1. The SMILES string of the molecule is CC(C)c1ncc(C(=O)Nc2c(-n3cc(F)cn3)ccnc2C2CCC(F)(F)CC2)cn1. The van der Waals surface area contributed by atoms with Crippen LogP contribution in [-0.2, 0) is 0 Å². The van der Waals surface area contributed by atoms with E-state index in [1.54, 1.807) is 6.07 Å². The van der Waals surface area contributed by atoms with Crippen molar-refractivity contribution < 1.29 is 18.0 Å². The largest absolute Gasteiger partial charge is 0.318 e. The van der Waals surface area contributed by atoms with E-state index in [1.807, 2.05) is 13.8 Å². The summed E-state index contributed by atoms with van der Waals surface area (Å²) in [5.74, 6) is -3.27. The van der Waals surface area contributed by atoms with Crippen molar-refractivity contribution in [1.29, 1.82) is 0 Å². The second-order valence-electron chi connectivity index (χ2n) is 8.26. The summed E-state index contributed by atoms with van der Waals surface area (Å²) in [6.07, 6.45) is 6.54. The molecule has 10 heteroatoms. The standard InChI is InChI=1S/C22H23F3N6O/c1-13(2)20-27-9-15(10-28-20)21(32)30-19-17(31-12-16(23)11-29-31)5-8-26-18(19)14-3-6-22(24,25)7-4-14/h5,8-14H,3-4,6-7H2,1-2H3,(H,30,32). The van der Waals surface area contributed by atoms with Crippen molar-refractivity contribution >= 4 is 11.6 Å². The Labute approximate surface area is 183 Å². The number of carbonyl (C=O) groups is 1. The third kappa shape index (κ3) is 4.63. The van der Waals surface area contributed by atoms with E-state index in [4.69, 9.17) is 0 Å². The summed E-state index contributed by atoms with van der Waals surface area (Å²) in [6, 6.07) is 1.58. The van der Waals surface area contributed by atoms with Crippen LogP contribution in [0.2, 0.25) is 0 Å². The quantitative estimate of drug-likeness (QED) is 0.607. The van der Waals surface area contributed by atoms with Gasteiger partial charge < -0.3 is 5.32 Å². The molecule has 3 aromatic rings. The molecule has 0 radical (unpaired) electrons. The summed E-state index contributed by atoms with van der Waals surface area (Å²) >= 11 is 0. The number of nitrogens with one attached hydrogen (secondary N) is 1. The van der Waals surface area contributed by atoms with Gasteiger partial charge in [-0.1, -0.05) is 13.8 Å². The first-order valence-electron chi connectivity index (χ1n) is 10.4. The van der Waals surface area contributed by atoms with E-state index < -0.39 is 17.6 Å². The topological polar surface area (TPSA) is 85.6 Å². The Morgan fingerprint density at radius 1 is 1.16 bits per heavy atom. The van der Waals surface area contributed by atoms with Gasteiger partial charge in [-0.3, -0.25) is 9.78 Å². The molecule has 0 atom stereocenters. The Bertz CT molecular complexity index is 1100. The van der Waals surface area contributed by atoms with Gasteiger partial charge in [-0.2, -0.15) is 5.10 Å². The third-order valence-electron chi connectivity index (χ3n) is 5.55. The minimum atomic E-state index is -2.70. The molecule has 32 heavy (non-hydrogen) atoms. The number of hydrogen-bond acceptors (Lipinski definition) is 5. The molecule has 7 nitrogen and oxygen atoms in total. The monoisotopic (exact) mass is 444 g/mol. The number of anilines is 1. The smallest absolute Gasteiger partial charge is 0.258 e. The molecule has 0 saturated heterocycles. The highest BCUT2D eigenvalue weighted by atomic mass is 19.3. The molecule has 1 fully saturated rings. The average Bonchev–Trinajstić information content (AvgIpc) is 3.20. The van der Waals surface area contributed by atoms with Crippen LogP contribution in [0.1, 0.15) is 73.2 Å². The number of carbonyl (C=O) groups excluding carboxylic acids is 1. The molecule has 0 aliphatic heterocycles. The van der Waals surface area contributed by atoms with Gasteiger partial charge in [-0.15, -0.1) is 0 Å². The van der Waals surface area contributed by atoms with E-state index in [-0.39, 0.29) is 43.1 Å². The number of nitrogens with zero attached hydrogens (tertiary/aromatic N) is 5. The molecule has 4 rings (SSSR count). The molecule has 3 heterocycles. The Morgan fingerprint density at radius 3 is 2.44 bits per heavy atom. The summed E-state index contributed by atoms with van der Waals surface area (Å²) in [7, 11) is 0. The Morgan fingerprint density at radius 2 is 1.84 bits per heavy atom. The molecule has 1 amide bonds. The van der Waals surface area contributed by atoms with E-state index in [0.717, 1.165) is 6.20 Å². The molecule has 0 aromatic carbocycles. The highest BCUT2D eigenvalue weighted by molar-refractivity contribution is 6.05. The highest BCUT2D eigenvalue weighted by Gasteiger charge is 2.37. The second kappa shape index (κ2) is 8.68. The van der Waals surface area contributed by atoms with Crippen molar-refractivity contribution in [2.45, 2.75) is 57.3 Å². The van der Waals surface area contributed by atoms with E-state index in [2.05, 4.69) is 25.4 Å². The van der Waals surface area contributed by atoms with Gasteiger partial charge in [-0.05, 0) is 18.9 Å². The van der Waals surface area contributed by atoms with Crippen molar-refractivity contribution in [2.75, 3.05) is 5.32 Å². The first-order chi connectivity index (χ1) is 15.2. The average molecular weight is 444 g/mol. The number of rotatable bonds is 5. The zero-order valence-electron chi connectivity index (χ0n) is 17.7. The van der Waals surface area contributed by atoms with Crippen molar-refractivity contribution in [2.24, 2.45) is 0 Å². The zero-order valence-corrected chi connectivity index (χ0v) is 17.7. The molecule has 0 bridgehead atoms. The summed E-state index contributed by atoms with van der Waals surface area (Å²) in [4.78, 5) is 25.8. The molecule has 1 aliphatic rings. The number of hydrogen-bond donors (Lipinski definition) is 1. The lowest BCUT2D eigenvalue weighted by Gasteiger charge is -2.29. The molecule has 0 unspecified atom stereocenters. The number of alkyl halides is 2. The predicted octanol–water partition coefficient (Wildman–Crippen LogP) is 4.87. The van der Waals surface area contributed by atoms with Crippen molar-refractivity contribution in [3.63, 3.8) is 0 Å².